The van der Waals surface area contributed by atoms with Gasteiger partial charge in [0.25, 0.3) is 0 Å². The molecule has 0 bridgehead atoms. The molecule has 0 saturated carbocycles. The van der Waals surface area contributed by atoms with Crippen molar-refractivity contribution in [3.63, 3.8) is 0 Å². The third-order valence-electron chi connectivity index (χ3n) is 1.28. The summed E-state index contributed by atoms with van der Waals surface area (Å²) in [5, 5.41) is 24.9. The lowest BCUT2D eigenvalue weighted by Crippen LogP contribution is -1.49. The fourth-order valence-electron chi connectivity index (χ4n) is 0.657. The predicted octanol–water partition coefficient (Wildman–Crippen LogP) is 7.23. The van der Waals surface area contributed by atoms with Gasteiger partial charge in [0.15, 0.2) is 0 Å². The van der Waals surface area contributed by atoms with E-state index < -0.39 is 0 Å². The van der Waals surface area contributed by atoms with Crippen LogP contribution >= 0.6 is 70.6 Å². The Bertz CT molecular complexity index is 248. The molecule has 0 amide bonds. The van der Waals surface area contributed by atoms with Gasteiger partial charge in [-0.05, 0) is 64.9 Å². The van der Waals surface area contributed by atoms with Crippen molar-refractivity contribution in [3.05, 3.63) is 64.9 Å². The highest BCUT2D eigenvalue weighted by Gasteiger charge is 1.78. The molecule has 0 fully saturated rings. The first kappa shape index (κ1) is 16.6. The predicted molar refractivity (Wildman–Crippen MR) is 100 cm³/mol. The molecule has 0 aromatic heterocycles. The molecular weight excluding hydrogens is 337 g/mol. The van der Waals surface area contributed by atoms with Crippen molar-refractivity contribution in [2.45, 2.75) is 0 Å². The van der Waals surface area contributed by atoms with E-state index in [-0.39, 0.29) is 0 Å². The molecule has 0 unspecified atom stereocenters. The highest BCUT2D eigenvalue weighted by molar-refractivity contribution is 8.12. The monoisotopic (exact) mass is 348 g/mol. The van der Waals surface area contributed by atoms with E-state index in [1.54, 1.807) is 70.6 Å². The van der Waals surface area contributed by atoms with Gasteiger partial charge in [-0.15, -0.1) is 70.6 Å². The quantitative estimate of drug-likeness (QED) is 0.449. The first-order chi connectivity index (χ1) is 9.00. The molecule has 1 aliphatic heterocycles. The second kappa shape index (κ2) is 14.0. The van der Waals surface area contributed by atoms with Crippen LogP contribution in [-0.4, -0.2) is 0 Å². The molecule has 0 aliphatic carbocycles. The molecule has 0 radical (unpaired) electrons. The van der Waals surface area contributed by atoms with Crippen LogP contribution < -0.4 is 0 Å². The highest BCUT2D eigenvalue weighted by atomic mass is 32.2. The van der Waals surface area contributed by atoms with Gasteiger partial charge < -0.3 is 0 Å². The molecule has 1 rings (SSSR count). The van der Waals surface area contributed by atoms with Crippen molar-refractivity contribution in [2.75, 3.05) is 0 Å². The maximum Gasteiger partial charge on any atom is -0.0181 e. The summed E-state index contributed by atoms with van der Waals surface area (Å²) < 4.78 is 0. The van der Waals surface area contributed by atoms with Crippen LogP contribution in [0.1, 0.15) is 0 Å². The first-order valence-corrected chi connectivity index (χ1v) is 10.5. The molecule has 96 valence electrons. The number of rotatable bonds is 0. The fraction of sp³-hybridized carbons (Fsp3) is 0. The SMILES string of the molecule is C1=C\S/C=C\S/C=C/S/C=C\S/C=C/S/C=C\S/1. The fourth-order valence-corrected chi connectivity index (χ4v) is 4.28. The van der Waals surface area contributed by atoms with Crippen LogP contribution in [0.15, 0.2) is 64.9 Å². The average Bonchev–Trinajstić information content (AvgIpc) is 2.39. The van der Waals surface area contributed by atoms with Crippen molar-refractivity contribution >= 4 is 70.6 Å². The van der Waals surface area contributed by atoms with Crippen LogP contribution in [0.5, 0.6) is 0 Å². The largest absolute Gasteiger partial charge is 0.105 e. The highest BCUT2D eigenvalue weighted by Crippen LogP contribution is 2.19. The first-order valence-electron chi connectivity index (χ1n) is 4.83. The molecule has 0 aromatic carbocycles. The Kier molecular flexibility index (Phi) is 12.9. The van der Waals surface area contributed by atoms with E-state index in [1.807, 2.05) is 0 Å². The van der Waals surface area contributed by atoms with Gasteiger partial charge in [-0.3, -0.25) is 0 Å². The van der Waals surface area contributed by atoms with Crippen LogP contribution in [0, 0.1) is 0 Å². The van der Waals surface area contributed by atoms with E-state index in [0.29, 0.717) is 0 Å². The lowest BCUT2D eigenvalue weighted by Gasteiger charge is -1.86. The maximum absolute atomic E-state index is 2.08. The van der Waals surface area contributed by atoms with Gasteiger partial charge in [0.05, 0.1) is 0 Å². The van der Waals surface area contributed by atoms with Gasteiger partial charge in [-0.2, -0.15) is 0 Å². The summed E-state index contributed by atoms with van der Waals surface area (Å²) >= 11 is 10.1. The normalized spacial score (nSPS) is 29.3. The van der Waals surface area contributed by atoms with E-state index in [0.717, 1.165) is 0 Å². The van der Waals surface area contributed by atoms with E-state index in [2.05, 4.69) is 64.9 Å². The van der Waals surface area contributed by atoms with Crippen molar-refractivity contribution in [1.82, 2.24) is 0 Å². The van der Waals surface area contributed by atoms with Gasteiger partial charge in [0, 0.05) is 0 Å². The van der Waals surface area contributed by atoms with Crippen molar-refractivity contribution < 1.29 is 0 Å². The molecule has 18 heavy (non-hydrogen) atoms. The molecule has 6 heteroatoms. The maximum atomic E-state index is 2.08. The number of hydrogen-bond acceptors (Lipinski definition) is 6. The van der Waals surface area contributed by atoms with Crippen molar-refractivity contribution in [3.8, 4) is 0 Å². The summed E-state index contributed by atoms with van der Waals surface area (Å²) in [5.74, 6) is 0. The Morgan fingerprint density at radius 1 is 0.222 bits per heavy atom. The van der Waals surface area contributed by atoms with E-state index in [9.17, 15) is 0 Å². The molecule has 1 heterocycles. The molecule has 1 aliphatic rings. The van der Waals surface area contributed by atoms with Crippen molar-refractivity contribution in [1.29, 1.82) is 0 Å². The molecule has 0 atom stereocenters. The Morgan fingerprint density at radius 2 is 0.333 bits per heavy atom. The van der Waals surface area contributed by atoms with E-state index in [1.165, 1.54) is 0 Å². The zero-order valence-electron chi connectivity index (χ0n) is 9.38. The Balaban J connectivity index is 2.40. The van der Waals surface area contributed by atoms with Crippen LogP contribution in [0.25, 0.3) is 0 Å². The van der Waals surface area contributed by atoms with Gasteiger partial charge in [0.2, 0.25) is 0 Å². The van der Waals surface area contributed by atoms with Gasteiger partial charge in [-0.1, -0.05) is 0 Å². The topological polar surface area (TPSA) is 0 Å². The molecule has 0 saturated heterocycles. The minimum absolute atomic E-state index is 1.68. The zero-order chi connectivity index (χ0) is 12.7. The van der Waals surface area contributed by atoms with Crippen LogP contribution in [0.4, 0.5) is 0 Å². The lowest BCUT2D eigenvalue weighted by atomic mass is 11.2. The van der Waals surface area contributed by atoms with Crippen LogP contribution in [0.2, 0.25) is 0 Å². The zero-order valence-corrected chi connectivity index (χ0v) is 14.3. The molecule has 0 N–H and O–H groups in total. The Labute approximate surface area is 134 Å². The average molecular weight is 349 g/mol. The van der Waals surface area contributed by atoms with E-state index in [4.69, 9.17) is 0 Å². The van der Waals surface area contributed by atoms with Crippen LogP contribution in [-0.2, 0) is 0 Å². The summed E-state index contributed by atoms with van der Waals surface area (Å²) in [4.78, 5) is 0. The summed E-state index contributed by atoms with van der Waals surface area (Å²) in [7, 11) is 0. The minimum Gasteiger partial charge on any atom is -0.105 e. The van der Waals surface area contributed by atoms with Crippen LogP contribution in [0.3, 0.4) is 0 Å². The summed E-state index contributed by atoms with van der Waals surface area (Å²) in [6.45, 7) is 0. The molecule has 0 aromatic rings. The lowest BCUT2D eigenvalue weighted by molar-refractivity contribution is 2.42. The third-order valence-corrected chi connectivity index (χ3v) is 5.83. The standard InChI is InChI=1S/C12H12S6/c1-2-14-5-6-16-9-10-18-12-11-17-8-7-15-4-3-13-1/h1-12H/b2-1-,4-3-,6-5-,8-7+,10-9+,12-11-. The van der Waals surface area contributed by atoms with Gasteiger partial charge in [-0.25, -0.2) is 0 Å². The summed E-state index contributed by atoms with van der Waals surface area (Å²) in [5.41, 5.74) is 0. The number of hydrogen-bond donors (Lipinski definition) is 0. The summed E-state index contributed by atoms with van der Waals surface area (Å²) in [6.07, 6.45) is 0. The second-order valence-electron chi connectivity index (χ2n) is 2.45. The van der Waals surface area contributed by atoms with Gasteiger partial charge in [0.1, 0.15) is 0 Å². The second-order valence-corrected chi connectivity index (χ2v) is 7.35. The molecule has 0 spiro atoms. The minimum atomic E-state index is 1.68. The molecule has 0 nitrogen and oxygen atoms in total. The smallest absolute Gasteiger partial charge is 0.0181 e. The van der Waals surface area contributed by atoms with Crippen molar-refractivity contribution in [2.24, 2.45) is 0 Å². The Morgan fingerprint density at radius 3 is 0.444 bits per heavy atom. The van der Waals surface area contributed by atoms with E-state index >= 15 is 0 Å². The number of thioether (sulfide) groups is 6. The van der Waals surface area contributed by atoms with Gasteiger partial charge >= 0.3 is 0 Å². The third kappa shape index (κ3) is 11.6. The molecular formula is C12H12S6. The Hall–Kier alpha value is 0.540. The summed E-state index contributed by atoms with van der Waals surface area (Å²) in [6, 6.07) is 0.